The molecule has 0 atom stereocenters. The van der Waals surface area contributed by atoms with Crippen molar-refractivity contribution in [2.75, 3.05) is 5.73 Å². The van der Waals surface area contributed by atoms with Crippen molar-refractivity contribution in [3.63, 3.8) is 0 Å². The average molecular weight is 283 g/mol. The number of anilines is 1. The van der Waals surface area contributed by atoms with Crippen LogP contribution in [0.3, 0.4) is 0 Å². The molecular weight excluding hydrogens is 267 g/mol. The fourth-order valence-electron chi connectivity index (χ4n) is 1.94. The molecular formula is C14H16ClFN2O. The molecule has 0 saturated carbocycles. The second-order valence-corrected chi connectivity index (χ2v) is 6.14. The van der Waals surface area contributed by atoms with Gasteiger partial charge in [0.1, 0.15) is 5.82 Å². The van der Waals surface area contributed by atoms with E-state index in [1.54, 1.807) is 6.07 Å². The third-order valence-corrected chi connectivity index (χ3v) is 3.00. The van der Waals surface area contributed by atoms with Crippen molar-refractivity contribution in [1.82, 2.24) is 5.16 Å². The highest BCUT2D eigenvalue weighted by Crippen LogP contribution is 2.37. The van der Waals surface area contributed by atoms with E-state index in [2.05, 4.69) is 25.9 Å². The molecule has 1 aromatic heterocycles. The summed E-state index contributed by atoms with van der Waals surface area (Å²) in [6.45, 7) is 6.27. The van der Waals surface area contributed by atoms with Crippen molar-refractivity contribution in [3.05, 3.63) is 34.7 Å². The third kappa shape index (κ3) is 3.07. The van der Waals surface area contributed by atoms with Crippen LogP contribution >= 0.6 is 11.6 Å². The smallest absolute Gasteiger partial charge is 0.230 e. The Bertz CT molecular complexity index is 602. The number of hydrogen-bond donors (Lipinski definition) is 1. The standard InChI is InChI=1S/C14H16ClFN2O/c1-14(2,3)7-11-12(13(17)19-18-11)9-5-4-8(16)6-10(9)15/h4-6H,7,17H2,1-3H3. The van der Waals surface area contributed by atoms with E-state index in [4.69, 9.17) is 21.9 Å². The van der Waals surface area contributed by atoms with Gasteiger partial charge in [-0.05, 0) is 30.0 Å². The number of aromatic nitrogens is 1. The second-order valence-electron chi connectivity index (χ2n) is 5.73. The summed E-state index contributed by atoms with van der Waals surface area (Å²) in [7, 11) is 0. The lowest BCUT2D eigenvalue weighted by molar-refractivity contribution is 0.377. The van der Waals surface area contributed by atoms with Crippen LogP contribution in [0.2, 0.25) is 5.02 Å². The highest BCUT2D eigenvalue weighted by atomic mass is 35.5. The van der Waals surface area contributed by atoms with Crippen molar-refractivity contribution in [2.24, 2.45) is 5.41 Å². The number of nitrogen functional groups attached to an aromatic ring is 1. The SMILES string of the molecule is CC(C)(C)Cc1noc(N)c1-c1ccc(F)cc1Cl. The fraction of sp³-hybridized carbons (Fsp3) is 0.357. The molecule has 0 aliphatic carbocycles. The molecule has 0 unspecified atom stereocenters. The fourth-order valence-corrected chi connectivity index (χ4v) is 2.20. The first kappa shape index (κ1) is 13.9. The Kier molecular flexibility index (Phi) is 3.54. The zero-order chi connectivity index (χ0) is 14.2. The van der Waals surface area contributed by atoms with Gasteiger partial charge in [-0.3, -0.25) is 0 Å². The van der Waals surface area contributed by atoms with Gasteiger partial charge in [-0.2, -0.15) is 0 Å². The van der Waals surface area contributed by atoms with Crippen LogP contribution in [0.25, 0.3) is 11.1 Å². The molecule has 0 aliphatic rings. The second kappa shape index (κ2) is 4.85. The summed E-state index contributed by atoms with van der Waals surface area (Å²) in [5.41, 5.74) is 7.88. The maximum absolute atomic E-state index is 13.1. The van der Waals surface area contributed by atoms with Crippen LogP contribution in [0.15, 0.2) is 22.7 Å². The minimum absolute atomic E-state index is 0.0323. The average Bonchev–Trinajstić information content (AvgIpc) is 2.58. The van der Waals surface area contributed by atoms with E-state index in [-0.39, 0.29) is 17.1 Å². The Morgan fingerprint density at radius 2 is 2.05 bits per heavy atom. The molecule has 3 nitrogen and oxygen atoms in total. The van der Waals surface area contributed by atoms with Crippen LogP contribution < -0.4 is 5.73 Å². The molecule has 19 heavy (non-hydrogen) atoms. The summed E-state index contributed by atoms with van der Waals surface area (Å²) in [4.78, 5) is 0. The molecule has 0 fully saturated rings. The van der Waals surface area contributed by atoms with Gasteiger partial charge in [-0.15, -0.1) is 0 Å². The minimum Gasteiger partial charge on any atom is -0.367 e. The number of hydrogen-bond acceptors (Lipinski definition) is 3. The molecule has 0 saturated heterocycles. The molecule has 2 aromatic rings. The predicted octanol–water partition coefficient (Wildman–Crippen LogP) is 4.30. The van der Waals surface area contributed by atoms with Gasteiger partial charge in [-0.1, -0.05) is 37.5 Å². The quantitative estimate of drug-likeness (QED) is 0.893. The lowest BCUT2D eigenvalue weighted by Gasteiger charge is -2.17. The van der Waals surface area contributed by atoms with Crippen LogP contribution in [-0.2, 0) is 6.42 Å². The summed E-state index contributed by atoms with van der Waals surface area (Å²) in [5, 5.41) is 4.28. The molecule has 2 N–H and O–H groups in total. The summed E-state index contributed by atoms with van der Waals surface area (Å²) < 4.78 is 18.2. The first-order valence-electron chi connectivity index (χ1n) is 5.97. The Morgan fingerprint density at radius 1 is 1.37 bits per heavy atom. The highest BCUT2D eigenvalue weighted by Gasteiger charge is 2.22. The number of benzene rings is 1. The van der Waals surface area contributed by atoms with Gasteiger partial charge in [0, 0.05) is 5.56 Å². The van der Waals surface area contributed by atoms with Gasteiger partial charge >= 0.3 is 0 Å². The van der Waals surface area contributed by atoms with Crippen LogP contribution in [-0.4, -0.2) is 5.16 Å². The molecule has 0 bridgehead atoms. The summed E-state index contributed by atoms with van der Waals surface area (Å²) >= 11 is 6.07. The number of nitrogens with two attached hydrogens (primary N) is 1. The largest absolute Gasteiger partial charge is 0.367 e. The van der Waals surface area contributed by atoms with E-state index in [0.29, 0.717) is 22.6 Å². The molecule has 0 radical (unpaired) electrons. The van der Waals surface area contributed by atoms with Gasteiger partial charge < -0.3 is 10.3 Å². The first-order valence-corrected chi connectivity index (χ1v) is 6.35. The zero-order valence-electron chi connectivity index (χ0n) is 11.1. The topological polar surface area (TPSA) is 52.0 Å². The van der Waals surface area contributed by atoms with Gasteiger partial charge in [0.25, 0.3) is 0 Å². The molecule has 1 heterocycles. The molecule has 0 aliphatic heterocycles. The van der Waals surface area contributed by atoms with Crippen molar-refractivity contribution in [2.45, 2.75) is 27.2 Å². The van der Waals surface area contributed by atoms with Gasteiger partial charge in [0.2, 0.25) is 5.88 Å². The van der Waals surface area contributed by atoms with Gasteiger partial charge in [-0.25, -0.2) is 4.39 Å². The van der Waals surface area contributed by atoms with E-state index in [0.717, 1.165) is 5.69 Å². The highest BCUT2D eigenvalue weighted by molar-refractivity contribution is 6.33. The van der Waals surface area contributed by atoms with Crippen molar-refractivity contribution in [3.8, 4) is 11.1 Å². The van der Waals surface area contributed by atoms with Gasteiger partial charge in [0.05, 0.1) is 16.3 Å². The maximum atomic E-state index is 13.1. The lowest BCUT2D eigenvalue weighted by Crippen LogP contribution is -2.10. The number of nitrogens with zero attached hydrogens (tertiary/aromatic N) is 1. The van der Waals surface area contributed by atoms with E-state index in [9.17, 15) is 4.39 Å². The Morgan fingerprint density at radius 3 is 2.63 bits per heavy atom. The lowest BCUT2D eigenvalue weighted by atomic mass is 9.88. The molecule has 0 spiro atoms. The Balaban J connectivity index is 2.52. The number of rotatable bonds is 2. The van der Waals surface area contributed by atoms with Crippen molar-refractivity contribution in [1.29, 1.82) is 0 Å². The van der Waals surface area contributed by atoms with Crippen LogP contribution in [0.5, 0.6) is 0 Å². The van der Waals surface area contributed by atoms with Crippen molar-refractivity contribution < 1.29 is 8.91 Å². The third-order valence-electron chi connectivity index (χ3n) is 2.69. The maximum Gasteiger partial charge on any atom is 0.230 e. The monoisotopic (exact) mass is 282 g/mol. The van der Waals surface area contributed by atoms with E-state index < -0.39 is 0 Å². The van der Waals surface area contributed by atoms with Crippen LogP contribution in [0, 0.1) is 11.2 Å². The van der Waals surface area contributed by atoms with Gasteiger partial charge in [0.15, 0.2) is 0 Å². The van der Waals surface area contributed by atoms with E-state index >= 15 is 0 Å². The summed E-state index contributed by atoms with van der Waals surface area (Å²) in [6, 6.07) is 4.19. The molecule has 1 aromatic carbocycles. The first-order chi connectivity index (χ1) is 8.78. The van der Waals surface area contributed by atoms with Crippen LogP contribution in [0.1, 0.15) is 26.5 Å². The number of halogens is 2. The molecule has 2 rings (SSSR count). The summed E-state index contributed by atoms with van der Waals surface area (Å²) in [6.07, 6.45) is 0.691. The molecule has 102 valence electrons. The predicted molar refractivity (Wildman–Crippen MR) is 74.5 cm³/mol. The minimum atomic E-state index is -0.388. The molecule has 5 heteroatoms. The van der Waals surface area contributed by atoms with Crippen molar-refractivity contribution >= 4 is 17.5 Å². The zero-order valence-corrected chi connectivity index (χ0v) is 11.9. The van der Waals surface area contributed by atoms with E-state index in [1.165, 1.54) is 12.1 Å². The molecule has 0 amide bonds. The Hall–Kier alpha value is -1.55. The summed E-state index contributed by atoms with van der Waals surface area (Å²) in [5.74, 6) is -0.186. The normalized spacial score (nSPS) is 11.8. The van der Waals surface area contributed by atoms with E-state index in [1.807, 2.05) is 0 Å². The Labute approximate surface area is 116 Å². The van der Waals surface area contributed by atoms with Crippen LogP contribution in [0.4, 0.5) is 10.3 Å².